The summed E-state index contributed by atoms with van der Waals surface area (Å²) in [7, 11) is -4.08. The van der Waals surface area contributed by atoms with E-state index in [2.05, 4.69) is 26.0 Å². The van der Waals surface area contributed by atoms with Gasteiger partial charge in [0.25, 0.3) is 0 Å². The van der Waals surface area contributed by atoms with E-state index in [1.807, 2.05) is 0 Å². The summed E-state index contributed by atoms with van der Waals surface area (Å²) in [6, 6.07) is 0. The van der Waals surface area contributed by atoms with Crippen LogP contribution in [0.2, 0.25) is 0 Å². The van der Waals surface area contributed by atoms with Crippen molar-refractivity contribution in [3.05, 3.63) is 12.2 Å². The summed E-state index contributed by atoms with van der Waals surface area (Å²) < 4.78 is 17.0. The van der Waals surface area contributed by atoms with E-state index in [1.54, 1.807) is 0 Å². The maximum atomic E-state index is 12.0. The molecule has 0 spiro atoms. The number of allylic oxidation sites excluding steroid dienone is 2. The highest BCUT2D eigenvalue weighted by molar-refractivity contribution is 7.70. The normalized spacial score (nSPS) is 13.6. The zero-order chi connectivity index (χ0) is 23.0. The van der Waals surface area contributed by atoms with Gasteiger partial charge in [0.15, 0.2) is 0 Å². The molecule has 0 saturated heterocycles. The molecule has 4 nitrogen and oxygen atoms in total. The quantitative estimate of drug-likeness (QED) is 0.0889. The number of carbonyl (C=O) groups excluding carboxylic acids is 1. The van der Waals surface area contributed by atoms with Gasteiger partial charge in [0.2, 0.25) is 5.52 Å². The molecule has 0 aliphatic carbocycles. The van der Waals surface area contributed by atoms with E-state index < -0.39 is 13.1 Å². The molecule has 5 heteroatoms. The molecule has 184 valence electrons. The monoisotopic (exact) mass is 458 g/mol. The van der Waals surface area contributed by atoms with Gasteiger partial charge in [-0.15, -0.1) is 0 Å². The summed E-state index contributed by atoms with van der Waals surface area (Å²) >= 11 is 0. The Morgan fingerprint density at radius 3 is 1.61 bits per heavy atom. The van der Waals surface area contributed by atoms with Crippen molar-refractivity contribution >= 4 is 13.1 Å². The molecule has 1 atom stereocenters. The third kappa shape index (κ3) is 21.2. The summed E-state index contributed by atoms with van der Waals surface area (Å²) in [4.78, 5) is 21.8. The lowest BCUT2D eigenvalue weighted by molar-refractivity contribution is -0.113. The molecule has 0 aromatic carbocycles. The molecule has 0 radical (unpaired) electrons. The van der Waals surface area contributed by atoms with E-state index in [9.17, 15) is 14.3 Å². The largest absolute Gasteiger partial charge is 0.394 e. The molecule has 1 N–H and O–H groups in total. The predicted molar refractivity (Wildman–Crippen MR) is 134 cm³/mol. The van der Waals surface area contributed by atoms with Crippen molar-refractivity contribution in [2.75, 3.05) is 6.61 Å². The van der Waals surface area contributed by atoms with Crippen LogP contribution in [0.5, 0.6) is 0 Å². The molecular weight excluding hydrogens is 407 g/mol. The Bertz CT molecular complexity index is 476. The van der Waals surface area contributed by atoms with E-state index >= 15 is 0 Å². The van der Waals surface area contributed by atoms with Gasteiger partial charge in [-0.25, -0.2) is 0 Å². The molecule has 31 heavy (non-hydrogen) atoms. The topological polar surface area (TPSA) is 63.6 Å². The summed E-state index contributed by atoms with van der Waals surface area (Å²) in [5.74, 6) is 0. The van der Waals surface area contributed by atoms with Crippen LogP contribution in [0.25, 0.3) is 0 Å². The zero-order valence-corrected chi connectivity index (χ0v) is 21.5. The van der Waals surface area contributed by atoms with Crippen LogP contribution in [-0.4, -0.2) is 17.0 Å². The number of rotatable bonds is 24. The van der Waals surface area contributed by atoms with E-state index in [0.29, 0.717) is 6.42 Å². The van der Waals surface area contributed by atoms with Gasteiger partial charge in [-0.1, -0.05) is 109 Å². The minimum atomic E-state index is -4.08. The van der Waals surface area contributed by atoms with Crippen molar-refractivity contribution in [3.63, 3.8) is 0 Å². The summed E-state index contributed by atoms with van der Waals surface area (Å²) in [6.45, 7) is 4.63. The van der Waals surface area contributed by atoms with E-state index in [0.717, 1.165) is 44.9 Å². The second kappa shape index (κ2) is 22.7. The van der Waals surface area contributed by atoms with E-state index in [-0.39, 0.29) is 13.0 Å². The number of carbonyl (C=O) groups is 1. The van der Waals surface area contributed by atoms with Gasteiger partial charge in [0.1, 0.15) is 0 Å². The number of hydrogen-bond acceptors (Lipinski definition) is 3. The van der Waals surface area contributed by atoms with Crippen molar-refractivity contribution < 1.29 is 18.8 Å². The van der Waals surface area contributed by atoms with Gasteiger partial charge in [-0.3, -0.25) is 9.36 Å². The van der Waals surface area contributed by atoms with Gasteiger partial charge in [0.05, 0.1) is 6.61 Å². The Morgan fingerprint density at radius 2 is 1.10 bits per heavy atom. The number of hydrogen-bond donors (Lipinski definition) is 1. The Kier molecular flexibility index (Phi) is 22.4. The average molecular weight is 459 g/mol. The van der Waals surface area contributed by atoms with Gasteiger partial charge < -0.3 is 9.42 Å². The van der Waals surface area contributed by atoms with E-state index in [1.165, 1.54) is 70.6 Å². The first-order valence-corrected chi connectivity index (χ1v) is 14.8. The predicted octanol–water partition coefficient (Wildman–Crippen LogP) is 9.11. The Balaban J connectivity index is 3.51. The molecule has 0 bridgehead atoms. The van der Waals surface area contributed by atoms with Gasteiger partial charge >= 0.3 is 7.60 Å². The summed E-state index contributed by atoms with van der Waals surface area (Å²) in [5.41, 5.74) is -0.615. The molecule has 0 aromatic rings. The molecule has 0 saturated carbocycles. The van der Waals surface area contributed by atoms with Crippen LogP contribution < -0.4 is 0 Å². The first-order chi connectivity index (χ1) is 15.0. The average Bonchev–Trinajstić information content (AvgIpc) is 2.75. The second-order valence-corrected chi connectivity index (χ2v) is 10.6. The molecular formula is C26H51O4P. The highest BCUT2D eigenvalue weighted by Crippen LogP contribution is 2.44. The fraction of sp³-hybridized carbons (Fsp3) is 0.885. The molecule has 0 aliphatic heterocycles. The fourth-order valence-corrected chi connectivity index (χ4v) is 4.59. The lowest BCUT2D eigenvalue weighted by atomic mass is 10.1. The molecule has 0 aliphatic rings. The van der Waals surface area contributed by atoms with Crippen LogP contribution in [0.3, 0.4) is 0 Å². The molecule has 0 heterocycles. The maximum Gasteiger partial charge on any atom is 0.394 e. The highest BCUT2D eigenvalue weighted by Gasteiger charge is 2.29. The summed E-state index contributed by atoms with van der Waals surface area (Å²) in [6.07, 6.45) is 26.7. The van der Waals surface area contributed by atoms with Crippen molar-refractivity contribution in [3.8, 4) is 0 Å². The van der Waals surface area contributed by atoms with Crippen molar-refractivity contribution in [2.45, 2.75) is 142 Å². The Morgan fingerprint density at radius 1 is 0.677 bits per heavy atom. The van der Waals surface area contributed by atoms with Crippen molar-refractivity contribution in [1.82, 2.24) is 0 Å². The first-order valence-electron chi connectivity index (χ1n) is 13.2. The molecule has 1 unspecified atom stereocenters. The third-order valence-electron chi connectivity index (χ3n) is 5.73. The summed E-state index contributed by atoms with van der Waals surface area (Å²) in [5, 5.41) is 0. The smallest absolute Gasteiger partial charge is 0.319 e. The fourth-order valence-electron chi connectivity index (χ4n) is 3.63. The first kappa shape index (κ1) is 30.6. The Labute approximate surface area is 193 Å². The van der Waals surface area contributed by atoms with E-state index in [4.69, 9.17) is 4.52 Å². The lowest BCUT2D eigenvalue weighted by Gasteiger charge is -2.11. The zero-order valence-electron chi connectivity index (χ0n) is 20.6. The van der Waals surface area contributed by atoms with Crippen LogP contribution in [0.1, 0.15) is 142 Å². The third-order valence-corrected chi connectivity index (χ3v) is 7.12. The minimum Gasteiger partial charge on any atom is -0.319 e. The van der Waals surface area contributed by atoms with Gasteiger partial charge in [-0.05, 0) is 38.5 Å². The lowest BCUT2D eigenvalue weighted by Crippen LogP contribution is -2.04. The van der Waals surface area contributed by atoms with Crippen LogP contribution in [0.15, 0.2) is 12.2 Å². The van der Waals surface area contributed by atoms with Crippen molar-refractivity contribution in [2.24, 2.45) is 0 Å². The number of unbranched alkanes of at least 4 members (excludes halogenated alkanes) is 16. The minimum absolute atomic E-state index is 0.155. The van der Waals surface area contributed by atoms with Gasteiger partial charge in [0, 0.05) is 6.42 Å². The van der Waals surface area contributed by atoms with Crippen LogP contribution in [0.4, 0.5) is 0 Å². The SMILES string of the molecule is CCCCCCCCC=CCCCCCCCC(=O)P(=O)(O)OCCCCCCCC. The highest BCUT2D eigenvalue weighted by atomic mass is 31.2. The standard InChI is InChI=1S/C26H51O4P/c1-3-5-7-9-11-12-13-14-15-16-17-18-19-20-22-24-26(27)31(28,29)30-25-23-21-10-8-6-4-2/h14-15H,3-13,16-25H2,1-2H3,(H,28,29). The van der Waals surface area contributed by atoms with Crippen molar-refractivity contribution in [1.29, 1.82) is 0 Å². The second-order valence-electron chi connectivity index (χ2n) is 8.85. The van der Waals surface area contributed by atoms with Crippen LogP contribution in [-0.2, 0) is 13.9 Å². The molecule has 0 fully saturated rings. The molecule has 0 rings (SSSR count). The van der Waals surface area contributed by atoms with Crippen LogP contribution in [0, 0.1) is 0 Å². The molecule has 0 aromatic heterocycles. The van der Waals surface area contributed by atoms with Crippen LogP contribution >= 0.6 is 7.60 Å². The maximum absolute atomic E-state index is 12.0. The molecule has 0 amide bonds. The Hall–Kier alpha value is -0.440. The van der Waals surface area contributed by atoms with Gasteiger partial charge in [-0.2, -0.15) is 0 Å².